The number of hydrogen-bond donors (Lipinski definition) is 0. The van der Waals surface area contributed by atoms with Gasteiger partial charge in [0.15, 0.2) is 0 Å². The summed E-state index contributed by atoms with van der Waals surface area (Å²) in [4.78, 5) is 4.80. The van der Waals surface area contributed by atoms with Gasteiger partial charge in [-0.2, -0.15) is 0 Å². The number of anilines is 6. The van der Waals surface area contributed by atoms with Gasteiger partial charge in [-0.1, -0.05) is 185 Å². The number of benzene rings is 8. The van der Waals surface area contributed by atoms with E-state index in [1.54, 1.807) is 0 Å². The van der Waals surface area contributed by atoms with E-state index >= 15 is 0 Å². The highest BCUT2D eigenvalue weighted by atomic mass is 15.2. The molecule has 0 spiro atoms. The zero-order valence-electron chi connectivity index (χ0n) is 42.5. The Morgan fingerprint density at radius 2 is 0.973 bits per heavy atom. The number of aromatic nitrogens is 1. The van der Waals surface area contributed by atoms with Gasteiger partial charge >= 0.3 is 0 Å². The molecule has 0 saturated heterocycles. The maximum absolute atomic E-state index is 2.62. The summed E-state index contributed by atoms with van der Waals surface area (Å²) in [6.07, 6.45) is 23.0. The second kappa shape index (κ2) is 19.5. The molecule has 1 heterocycles. The predicted molar refractivity (Wildman–Crippen MR) is 313 cm³/mol. The third-order valence-electron chi connectivity index (χ3n) is 15.6. The van der Waals surface area contributed by atoms with Gasteiger partial charge in [-0.05, 0) is 174 Å². The molecule has 73 heavy (non-hydrogen) atoms. The Labute approximate surface area is 432 Å². The van der Waals surface area contributed by atoms with Crippen molar-refractivity contribution in [2.24, 2.45) is 17.8 Å². The second-order valence-corrected chi connectivity index (χ2v) is 21.1. The van der Waals surface area contributed by atoms with E-state index in [9.17, 15) is 0 Å². The van der Waals surface area contributed by atoms with Gasteiger partial charge in [0.05, 0.1) is 11.1 Å². The molecule has 8 aromatic carbocycles. The molecule has 3 heteroatoms. The van der Waals surface area contributed by atoms with E-state index in [1.165, 1.54) is 72.8 Å². The molecular weight excluding hydrogens is 883 g/mol. The van der Waals surface area contributed by atoms with Crippen LogP contribution in [-0.4, -0.2) is 4.57 Å². The van der Waals surface area contributed by atoms with Gasteiger partial charge in [-0.25, -0.2) is 0 Å². The smallest absolute Gasteiger partial charge is 0.0606 e. The molecule has 9 aromatic rings. The van der Waals surface area contributed by atoms with Crippen LogP contribution >= 0.6 is 0 Å². The summed E-state index contributed by atoms with van der Waals surface area (Å²) in [5, 5.41) is 2.59. The van der Waals surface area contributed by atoms with E-state index in [0.29, 0.717) is 17.8 Å². The van der Waals surface area contributed by atoms with Gasteiger partial charge in [-0.3, -0.25) is 0 Å². The van der Waals surface area contributed by atoms with Gasteiger partial charge in [0.2, 0.25) is 0 Å². The fraction of sp³-hybridized carbons (Fsp3) is 0.171. The van der Waals surface area contributed by atoms with Crippen LogP contribution in [0.25, 0.3) is 55.2 Å². The monoisotopic (exact) mass is 946 g/mol. The molecule has 3 aliphatic carbocycles. The molecule has 358 valence electrons. The van der Waals surface area contributed by atoms with Gasteiger partial charge in [0.25, 0.3) is 0 Å². The van der Waals surface area contributed by atoms with Crippen molar-refractivity contribution in [3.63, 3.8) is 0 Å². The molecule has 3 nitrogen and oxygen atoms in total. The van der Waals surface area contributed by atoms with Gasteiger partial charge < -0.3 is 14.4 Å². The lowest BCUT2D eigenvalue weighted by Crippen LogP contribution is -2.30. The quantitative estimate of drug-likeness (QED) is 0.120. The van der Waals surface area contributed by atoms with Crippen LogP contribution in [0.5, 0.6) is 0 Å². The van der Waals surface area contributed by atoms with E-state index < -0.39 is 0 Å². The van der Waals surface area contributed by atoms with Crippen LogP contribution in [0, 0.1) is 17.8 Å². The first-order chi connectivity index (χ1) is 35.7. The second-order valence-electron chi connectivity index (χ2n) is 21.1. The predicted octanol–water partition coefficient (Wildman–Crippen LogP) is 19.7. The zero-order chi connectivity index (χ0) is 49.5. The summed E-state index contributed by atoms with van der Waals surface area (Å²) in [5.41, 5.74) is 19.1. The van der Waals surface area contributed by atoms with Crippen molar-refractivity contribution in [1.29, 1.82) is 0 Å². The molecule has 1 aromatic heterocycles. The van der Waals surface area contributed by atoms with Gasteiger partial charge in [0.1, 0.15) is 0 Å². The highest BCUT2D eigenvalue weighted by Gasteiger charge is 2.31. The molecule has 0 saturated carbocycles. The van der Waals surface area contributed by atoms with Crippen molar-refractivity contribution in [3.8, 4) is 22.3 Å². The maximum atomic E-state index is 2.62. The Balaban J connectivity index is 0.902. The van der Waals surface area contributed by atoms with E-state index in [-0.39, 0.29) is 5.54 Å². The molecule has 0 aliphatic heterocycles. The van der Waals surface area contributed by atoms with Crippen LogP contribution in [0.15, 0.2) is 243 Å². The Morgan fingerprint density at radius 1 is 0.466 bits per heavy atom. The minimum Gasteiger partial charge on any atom is -0.331 e. The molecule has 0 radical (unpaired) electrons. The fourth-order valence-corrected chi connectivity index (χ4v) is 11.6. The standard InChI is InChI=1S/C70H63N3/c1-49-42-44-70(4,45-43-49)73-68-19-9-8-18-66(68)67-41-40-65(48-69(67)73)72(64-38-28-57(29-39-64)59-17-11-13-51(3)47-59)63-34-24-55(25-35-63)54-22-32-61(33-23-54)71(60-30-20-53(21-31-60)52-14-6-5-7-15-52)62-36-26-56(27-37-62)58-16-10-12-50(2)46-58/h5-12,14-42,44,47-51H,13,43,45-46H2,1-4H3. The van der Waals surface area contributed by atoms with Crippen LogP contribution < -0.4 is 9.80 Å². The molecule has 0 amide bonds. The van der Waals surface area contributed by atoms with Crippen LogP contribution in [0.3, 0.4) is 0 Å². The molecular formula is C70H63N3. The first-order valence-electron chi connectivity index (χ1n) is 26.4. The molecule has 12 rings (SSSR count). The molecule has 0 N–H and O–H groups in total. The molecule has 4 atom stereocenters. The Bertz CT molecular complexity index is 3590. The van der Waals surface area contributed by atoms with Gasteiger partial charge in [0, 0.05) is 50.4 Å². The summed E-state index contributed by atoms with van der Waals surface area (Å²) < 4.78 is 2.62. The number of fused-ring (bicyclic) bond motifs is 3. The Morgan fingerprint density at radius 3 is 1.53 bits per heavy atom. The van der Waals surface area contributed by atoms with E-state index in [4.69, 9.17) is 0 Å². The third-order valence-corrected chi connectivity index (χ3v) is 15.6. The van der Waals surface area contributed by atoms with Crippen molar-refractivity contribution in [2.75, 3.05) is 9.80 Å². The van der Waals surface area contributed by atoms with Crippen LogP contribution in [-0.2, 0) is 5.54 Å². The number of nitrogens with zero attached hydrogens (tertiary/aromatic N) is 3. The Hall–Kier alpha value is -8.14. The van der Waals surface area contributed by atoms with Crippen molar-refractivity contribution in [1.82, 2.24) is 4.57 Å². The lowest BCUT2D eigenvalue weighted by Gasteiger charge is -2.35. The van der Waals surface area contributed by atoms with Crippen molar-refractivity contribution >= 4 is 67.1 Å². The number of allylic oxidation sites excluding steroid dienone is 10. The molecule has 3 aliphatic rings. The maximum Gasteiger partial charge on any atom is 0.0606 e. The van der Waals surface area contributed by atoms with Crippen molar-refractivity contribution < 1.29 is 0 Å². The summed E-state index contributed by atoms with van der Waals surface area (Å²) >= 11 is 0. The zero-order valence-corrected chi connectivity index (χ0v) is 42.5. The van der Waals surface area contributed by atoms with Crippen molar-refractivity contribution in [2.45, 2.75) is 58.9 Å². The van der Waals surface area contributed by atoms with Crippen molar-refractivity contribution in [3.05, 3.63) is 254 Å². The average Bonchev–Trinajstić information content (AvgIpc) is 3.78. The lowest BCUT2D eigenvalue weighted by molar-refractivity contribution is 0.347. The Kier molecular flexibility index (Phi) is 12.3. The highest BCUT2D eigenvalue weighted by molar-refractivity contribution is 6.09. The van der Waals surface area contributed by atoms with E-state index in [0.717, 1.165) is 53.4 Å². The summed E-state index contributed by atoms with van der Waals surface area (Å²) in [6.45, 7) is 9.33. The average molecular weight is 946 g/mol. The van der Waals surface area contributed by atoms with E-state index in [1.807, 2.05) is 0 Å². The van der Waals surface area contributed by atoms with Crippen LogP contribution in [0.1, 0.15) is 64.5 Å². The third kappa shape index (κ3) is 9.10. The molecule has 0 fully saturated rings. The minimum atomic E-state index is -0.132. The van der Waals surface area contributed by atoms with Crippen LogP contribution in [0.2, 0.25) is 0 Å². The fourth-order valence-electron chi connectivity index (χ4n) is 11.6. The summed E-state index contributed by atoms with van der Waals surface area (Å²) in [7, 11) is 0. The minimum absolute atomic E-state index is 0.132. The molecule has 4 unspecified atom stereocenters. The first kappa shape index (κ1) is 46.0. The topological polar surface area (TPSA) is 11.4 Å². The van der Waals surface area contributed by atoms with Crippen LogP contribution in [0.4, 0.5) is 34.1 Å². The first-order valence-corrected chi connectivity index (χ1v) is 26.4. The lowest BCUT2D eigenvalue weighted by atomic mass is 9.84. The van der Waals surface area contributed by atoms with Gasteiger partial charge in [-0.15, -0.1) is 0 Å². The highest BCUT2D eigenvalue weighted by Crippen LogP contribution is 2.45. The number of hydrogen-bond acceptors (Lipinski definition) is 2. The number of para-hydroxylation sites is 1. The largest absolute Gasteiger partial charge is 0.331 e. The normalized spacial score (nSPS) is 19.5. The summed E-state index contributed by atoms with van der Waals surface area (Å²) in [6, 6.07) is 72.1. The SMILES string of the molecule is CC1C=C(c2ccc(N(c3ccc(-c4ccc(N(c5ccc(C6=CC=CC(C)C6)cc5)c5ccc(-c6ccccc6)cc5)cc4)cc3)c3ccc4c5ccccc5n(C5(C)C=CC(C)CC5)c4c3)cc2)C=CC1. The molecule has 0 bridgehead atoms. The van der Waals surface area contributed by atoms with E-state index in [2.05, 4.69) is 285 Å². The summed E-state index contributed by atoms with van der Waals surface area (Å²) in [5.74, 6) is 1.67. The number of rotatable bonds is 11.